The van der Waals surface area contributed by atoms with E-state index in [-0.39, 0.29) is 23.9 Å². The first-order valence-corrected chi connectivity index (χ1v) is 9.31. The molecule has 132 valence electrons. The van der Waals surface area contributed by atoms with Crippen LogP contribution < -0.4 is 10.6 Å². The van der Waals surface area contributed by atoms with E-state index in [1.54, 1.807) is 6.92 Å². The van der Waals surface area contributed by atoms with Gasteiger partial charge in [-0.2, -0.15) is 0 Å². The molecule has 1 aromatic carbocycles. The van der Waals surface area contributed by atoms with Crippen molar-refractivity contribution in [3.8, 4) is 0 Å². The summed E-state index contributed by atoms with van der Waals surface area (Å²) in [5.41, 5.74) is 10.1. The number of hydrogen-bond acceptors (Lipinski definition) is 3. The zero-order chi connectivity index (χ0) is 17.3. The number of nitrogens with zero attached hydrogens (tertiary/aromatic N) is 1. The van der Waals surface area contributed by atoms with Crippen LogP contribution in [0.3, 0.4) is 0 Å². The van der Waals surface area contributed by atoms with Gasteiger partial charge in [-0.25, -0.2) is 0 Å². The molecule has 3 rings (SSSR count). The third-order valence-corrected chi connectivity index (χ3v) is 5.86. The van der Waals surface area contributed by atoms with Gasteiger partial charge in [0.05, 0.1) is 0 Å². The van der Waals surface area contributed by atoms with Crippen molar-refractivity contribution >= 4 is 11.6 Å². The van der Waals surface area contributed by atoms with Crippen molar-refractivity contribution in [1.29, 1.82) is 0 Å². The molecular weight excluding hydrogens is 300 g/mol. The van der Waals surface area contributed by atoms with Crippen LogP contribution in [0.1, 0.15) is 69.5 Å². The SMILES string of the molecule is CCC1[C@H](C)[C@@H](N)c2cc(C3CCCOCC3)ccc2N1C(C)=O. The lowest BCUT2D eigenvalue weighted by Gasteiger charge is -2.44. The van der Waals surface area contributed by atoms with E-state index >= 15 is 0 Å². The number of amides is 1. The number of carbonyl (C=O) groups excluding carboxylic acids is 1. The number of fused-ring (bicyclic) bond motifs is 1. The largest absolute Gasteiger partial charge is 0.381 e. The fourth-order valence-corrected chi connectivity index (χ4v) is 4.44. The van der Waals surface area contributed by atoms with Crippen molar-refractivity contribution in [2.45, 2.75) is 64.5 Å². The fraction of sp³-hybridized carbons (Fsp3) is 0.650. The maximum Gasteiger partial charge on any atom is 0.224 e. The van der Waals surface area contributed by atoms with E-state index in [2.05, 4.69) is 32.0 Å². The normalized spacial score (nSPS) is 30.6. The van der Waals surface area contributed by atoms with Crippen LogP contribution >= 0.6 is 0 Å². The average molecular weight is 330 g/mol. The number of nitrogens with two attached hydrogens (primary N) is 1. The molecule has 0 bridgehead atoms. The van der Waals surface area contributed by atoms with Crippen LogP contribution in [0, 0.1) is 5.92 Å². The molecule has 1 amide bonds. The quantitative estimate of drug-likeness (QED) is 0.898. The van der Waals surface area contributed by atoms with Crippen LogP contribution in [0.5, 0.6) is 0 Å². The zero-order valence-corrected chi connectivity index (χ0v) is 15.1. The molecule has 4 heteroatoms. The zero-order valence-electron chi connectivity index (χ0n) is 15.1. The molecule has 4 nitrogen and oxygen atoms in total. The monoisotopic (exact) mass is 330 g/mol. The molecule has 0 radical (unpaired) electrons. The van der Waals surface area contributed by atoms with Crippen molar-refractivity contribution in [3.05, 3.63) is 29.3 Å². The van der Waals surface area contributed by atoms with Gasteiger partial charge in [0.15, 0.2) is 0 Å². The van der Waals surface area contributed by atoms with E-state index in [9.17, 15) is 4.79 Å². The number of hydrogen-bond donors (Lipinski definition) is 1. The van der Waals surface area contributed by atoms with E-state index in [0.29, 0.717) is 5.92 Å². The summed E-state index contributed by atoms with van der Waals surface area (Å²) in [5, 5.41) is 0. The first-order chi connectivity index (χ1) is 11.5. The first-order valence-electron chi connectivity index (χ1n) is 9.31. The van der Waals surface area contributed by atoms with Crippen LogP contribution in [0.25, 0.3) is 0 Å². The van der Waals surface area contributed by atoms with Crippen molar-refractivity contribution in [2.75, 3.05) is 18.1 Å². The first kappa shape index (κ1) is 17.4. The smallest absolute Gasteiger partial charge is 0.224 e. The van der Waals surface area contributed by atoms with E-state index in [4.69, 9.17) is 10.5 Å². The Kier molecular flexibility index (Phi) is 5.26. The van der Waals surface area contributed by atoms with E-state index < -0.39 is 0 Å². The van der Waals surface area contributed by atoms with Crippen molar-refractivity contribution in [3.63, 3.8) is 0 Å². The summed E-state index contributed by atoms with van der Waals surface area (Å²) < 4.78 is 5.60. The van der Waals surface area contributed by atoms with Gasteiger partial charge in [0, 0.05) is 37.9 Å². The second-order valence-corrected chi connectivity index (χ2v) is 7.31. The standard InChI is InChI=1S/C20H30N2O2/c1-4-18-13(2)20(21)17-12-16(15-6-5-10-24-11-9-15)7-8-19(17)22(18)14(3)23/h7-8,12-13,15,18,20H,4-6,9-11,21H2,1-3H3/t13-,15?,18?,20+/m0/s1. The Hall–Kier alpha value is -1.39. The van der Waals surface area contributed by atoms with Gasteiger partial charge in [0.1, 0.15) is 0 Å². The van der Waals surface area contributed by atoms with Gasteiger partial charge in [-0.05, 0) is 54.7 Å². The molecular formula is C20H30N2O2. The molecule has 0 spiro atoms. The van der Waals surface area contributed by atoms with Crippen LogP contribution in [-0.4, -0.2) is 25.2 Å². The fourth-order valence-electron chi connectivity index (χ4n) is 4.44. The molecule has 0 aromatic heterocycles. The van der Waals surface area contributed by atoms with E-state index in [1.165, 1.54) is 5.56 Å². The summed E-state index contributed by atoms with van der Waals surface area (Å²) in [4.78, 5) is 14.2. The highest BCUT2D eigenvalue weighted by atomic mass is 16.5. The van der Waals surface area contributed by atoms with Crippen LogP contribution in [0.4, 0.5) is 5.69 Å². The minimum atomic E-state index is -0.0115. The molecule has 1 fully saturated rings. The van der Waals surface area contributed by atoms with Gasteiger partial charge in [0.25, 0.3) is 0 Å². The lowest BCUT2D eigenvalue weighted by atomic mass is 9.79. The highest BCUT2D eigenvalue weighted by Gasteiger charge is 2.38. The molecule has 0 aliphatic carbocycles. The Morgan fingerprint density at radius 1 is 1.33 bits per heavy atom. The number of rotatable bonds is 2. The van der Waals surface area contributed by atoms with E-state index in [1.807, 2.05) is 4.90 Å². The lowest BCUT2D eigenvalue weighted by molar-refractivity contribution is -0.117. The van der Waals surface area contributed by atoms with Crippen LogP contribution in [0.2, 0.25) is 0 Å². The molecule has 2 N–H and O–H groups in total. The number of benzene rings is 1. The molecule has 2 aliphatic rings. The second kappa shape index (κ2) is 7.24. The highest BCUT2D eigenvalue weighted by Crippen LogP contribution is 2.42. The molecule has 4 atom stereocenters. The van der Waals surface area contributed by atoms with Crippen LogP contribution in [0.15, 0.2) is 18.2 Å². The third kappa shape index (κ3) is 3.09. The van der Waals surface area contributed by atoms with Gasteiger partial charge in [-0.15, -0.1) is 0 Å². The highest BCUT2D eigenvalue weighted by molar-refractivity contribution is 5.94. The maximum absolute atomic E-state index is 12.3. The molecule has 2 aliphatic heterocycles. The predicted octanol–water partition coefficient (Wildman–Crippen LogP) is 3.75. The Labute approximate surface area is 145 Å². The number of anilines is 1. The Balaban J connectivity index is 1.99. The minimum absolute atomic E-state index is 0.0115. The summed E-state index contributed by atoms with van der Waals surface area (Å²) in [7, 11) is 0. The van der Waals surface area contributed by atoms with Crippen LogP contribution in [-0.2, 0) is 9.53 Å². The molecule has 2 unspecified atom stereocenters. The predicted molar refractivity (Wildman–Crippen MR) is 97.2 cm³/mol. The van der Waals surface area contributed by atoms with Crippen molar-refractivity contribution < 1.29 is 9.53 Å². The summed E-state index contributed by atoms with van der Waals surface area (Å²) in [5.74, 6) is 0.909. The molecule has 24 heavy (non-hydrogen) atoms. The Bertz CT molecular complexity index is 593. The van der Waals surface area contributed by atoms with Gasteiger partial charge >= 0.3 is 0 Å². The maximum atomic E-state index is 12.3. The second-order valence-electron chi connectivity index (χ2n) is 7.31. The lowest BCUT2D eigenvalue weighted by Crippen LogP contribution is -2.50. The van der Waals surface area contributed by atoms with E-state index in [0.717, 1.165) is 50.1 Å². The van der Waals surface area contributed by atoms with Gasteiger partial charge in [-0.1, -0.05) is 26.0 Å². The van der Waals surface area contributed by atoms with Gasteiger partial charge in [-0.3, -0.25) is 4.79 Å². The molecule has 2 heterocycles. The Morgan fingerprint density at radius 2 is 2.12 bits per heavy atom. The van der Waals surface area contributed by atoms with Gasteiger partial charge in [0.2, 0.25) is 5.91 Å². The molecule has 1 aromatic rings. The summed E-state index contributed by atoms with van der Waals surface area (Å²) >= 11 is 0. The van der Waals surface area contributed by atoms with Crippen molar-refractivity contribution in [2.24, 2.45) is 11.7 Å². The third-order valence-electron chi connectivity index (χ3n) is 5.86. The summed E-state index contributed by atoms with van der Waals surface area (Å²) in [6, 6.07) is 6.74. The number of ether oxygens (including phenoxy) is 1. The average Bonchev–Trinajstić information content (AvgIpc) is 2.86. The minimum Gasteiger partial charge on any atom is -0.381 e. The molecule has 1 saturated heterocycles. The summed E-state index contributed by atoms with van der Waals surface area (Å²) in [6.07, 6.45) is 4.27. The Morgan fingerprint density at radius 3 is 2.83 bits per heavy atom. The molecule has 0 saturated carbocycles. The van der Waals surface area contributed by atoms with Gasteiger partial charge < -0.3 is 15.4 Å². The number of carbonyl (C=O) groups is 1. The van der Waals surface area contributed by atoms with Crippen molar-refractivity contribution in [1.82, 2.24) is 0 Å². The summed E-state index contributed by atoms with van der Waals surface area (Å²) in [6.45, 7) is 7.67. The topological polar surface area (TPSA) is 55.6 Å².